The molecule has 4 N–H and O–H groups in total. The lowest BCUT2D eigenvalue weighted by atomic mass is 10.0. The number of hydrogen-bond acceptors (Lipinski definition) is 3. The molecule has 0 radical (unpaired) electrons. The van der Waals surface area contributed by atoms with E-state index in [0.29, 0.717) is 5.69 Å². The summed E-state index contributed by atoms with van der Waals surface area (Å²) in [5.41, 5.74) is 7.30. The van der Waals surface area contributed by atoms with Crippen LogP contribution in [0.1, 0.15) is 24.8 Å². The van der Waals surface area contributed by atoms with Gasteiger partial charge in [-0.1, -0.05) is 24.6 Å². The number of para-hydroxylation sites is 1. The van der Waals surface area contributed by atoms with Crippen molar-refractivity contribution in [3.8, 4) is 0 Å². The van der Waals surface area contributed by atoms with E-state index in [1.54, 1.807) is 12.1 Å². The number of aliphatic hydroxyl groups excluding tert-OH is 1. The molecule has 1 aromatic carbocycles. The van der Waals surface area contributed by atoms with Crippen molar-refractivity contribution in [2.75, 3.05) is 5.32 Å². The van der Waals surface area contributed by atoms with Gasteiger partial charge in [0.2, 0.25) is 5.91 Å². The summed E-state index contributed by atoms with van der Waals surface area (Å²) >= 11 is 0. The summed E-state index contributed by atoms with van der Waals surface area (Å²) in [6.07, 6.45) is 2.79. The van der Waals surface area contributed by atoms with E-state index in [2.05, 4.69) is 5.32 Å². The fourth-order valence-corrected chi connectivity index (χ4v) is 2.32. The van der Waals surface area contributed by atoms with Gasteiger partial charge in [-0.05, 0) is 18.9 Å². The number of aliphatic hydroxyl groups is 1. The zero-order valence-electron chi connectivity index (χ0n) is 9.73. The first-order chi connectivity index (χ1) is 8.22. The molecule has 0 saturated heterocycles. The average Bonchev–Trinajstić information content (AvgIpc) is 2.76. The largest absolute Gasteiger partial charge is 0.392 e. The van der Waals surface area contributed by atoms with Gasteiger partial charge in [-0.15, -0.1) is 0 Å². The molecular weight excluding hydrogens is 216 g/mol. The van der Waals surface area contributed by atoms with Gasteiger partial charge < -0.3 is 16.2 Å². The van der Waals surface area contributed by atoms with E-state index in [1.807, 2.05) is 12.1 Å². The maximum atomic E-state index is 12.0. The number of rotatable bonds is 3. The second kappa shape index (κ2) is 5.29. The summed E-state index contributed by atoms with van der Waals surface area (Å²) in [6.45, 7) is -0.0762. The van der Waals surface area contributed by atoms with Gasteiger partial charge in [-0.3, -0.25) is 4.79 Å². The highest BCUT2D eigenvalue weighted by atomic mass is 16.3. The van der Waals surface area contributed by atoms with E-state index in [4.69, 9.17) is 5.73 Å². The summed E-state index contributed by atoms with van der Waals surface area (Å²) in [7, 11) is 0. The monoisotopic (exact) mass is 234 g/mol. The predicted octanol–water partition coefficient (Wildman–Crippen LogP) is 1.24. The Morgan fingerprint density at radius 2 is 2.18 bits per heavy atom. The minimum Gasteiger partial charge on any atom is -0.392 e. The number of nitrogens with two attached hydrogens (primary N) is 1. The van der Waals surface area contributed by atoms with Crippen LogP contribution in [-0.4, -0.2) is 17.1 Å². The molecule has 1 aliphatic rings. The summed E-state index contributed by atoms with van der Waals surface area (Å²) in [5, 5.41) is 12.0. The van der Waals surface area contributed by atoms with Gasteiger partial charge in [0.25, 0.3) is 0 Å². The predicted molar refractivity (Wildman–Crippen MR) is 66.3 cm³/mol. The maximum absolute atomic E-state index is 12.0. The number of anilines is 1. The molecule has 2 atom stereocenters. The van der Waals surface area contributed by atoms with Gasteiger partial charge in [0.15, 0.2) is 0 Å². The van der Waals surface area contributed by atoms with Crippen LogP contribution in [0.25, 0.3) is 0 Å². The van der Waals surface area contributed by atoms with Crippen molar-refractivity contribution in [2.24, 2.45) is 11.7 Å². The first-order valence-electron chi connectivity index (χ1n) is 5.97. The van der Waals surface area contributed by atoms with Gasteiger partial charge in [0.05, 0.1) is 12.5 Å². The van der Waals surface area contributed by atoms with Crippen LogP contribution in [0.5, 0.6) is 0 Å². The summed E-state index contributed by atoms with van der Waals surface area (Å²) in [5.74, 6) is -0.127. The SMILES string of the molecule is NC1CCCC1C(=O)Nc1ccccc1CO. The quantitative estimate of drug-likeness (QED) is 0.736. The number of nitrogens with one attached hydrogen (secondary N) is 1. The van der Waals surface area contributed by atoms with E-state index in [-0.39, 0.29) is 24.5 Å². The van der Waals surface area contributed by atoms with Crippen LogP contribution in [0, 0.1) is 5.92 Å². The van der Waals surface area contributed by atoms with Gasteiger partial charge in [0.1, 0.15) is 0 Å². The molecule has 0 aromatic heterocycles. The Hall–Kier alpha value is -1.39. The van der Waals surface area contributed by atoms with E-state index in [1.165, 1.54) is 0 Å². The van der Waals surface area contributed by atoms with Gasteiger partial charge >= 0.3 is 0 Å². The van der Waals surface area contributed by atoms with E-state index >= 15 is 0 Å². The van der Waals surface area contributed by atoms with E-state index < -0.39 is 0 Å². The van der Waals surface area contributed by atoms with Crippen molar-refractivity contribution in [3.05, 3.63) is 29.8 Å². The summed E-state index contributed by atoms with van der Waals surface area (Å²) in [4.78, 5) is 12.0. The molecular formula is C13H18N2O2. The maximum Gasteiger partial charge on any atom is 0.229 e. The zero-order chi connectivity index (χ0) is 12.3. The fourth-order valence-electron chi connectivity index (χ4n) is 2.32. The van der Waals surface area contributed by atoms with Crippen LogP contribution >= 0.6 is 0 Å². The molecule has 1 aliphatic carbocycles. The van der Waals surface area contributed by atoms with Crippen molar-refractivity contribution >= 4 is 11.6 Å². The number of amides is 1. The van der Waals surface area contributed by atoms with Crippen LogP contribution < -0.4 is 11.1 Å². The topological polar surface area (TPSA) is 75.4 Å². The standard InChI is InChI=1S/C13H18N2O2/c14-11-6-3-5-10(11)13(17)15-12-7-2-1-4-9(12)8-16/h1-2,4,7,10-11,16H,3,5-6,8,14H2,(H,15,17). The third kappa shape index (κ3) is 2.65. The van der Waals surface area contributed by atoms with Crippen LogP contribution in [0.15, 0.2) is 24.3 Å². The number of benzene rings is 1. The second-order valence-corrected chi connectivity index (χ2v) is 4.51. The van der Waals surface area contributed by atoms with Crippen LogP contribution in [0.3, 0.4) is 0 Å². The molecule has 0 aliphatic heterocycles. The highest BCUT2D eigenvalue weighted by Gasteiger charge is 2.30. The number of hydrogen-bond donors (Lipinski definition) is 3. The molecule has 0 bridgehead atoms. The van der Waals surface area contributed by atoms with E-state index in [0.717, 1.165) is 24.8 Å². The smallest absolute Gasteiger partial charge is 0.229 e. The van der Waals surface area contributed by atoms with Crippen LogP contribution in [-0.2, 0) is 11.4 Å². The van der Waals surface area contributed by atoms with Crippen molar-refractivity contribution < 1.29 is 9.90 Å². The minimum absolute atomic E-state index is 0.0312. The lowest BCUT2D eigenvalue weighted by molar-refractivity contribution is -0.120. The van der Waals surface area contributed by atoms with Crippen molar-refractivity contribution in [3.63, 3.8) is 0 Å². The van der Waals surface area contributed by atoms with Gasteiger partial charge in [-0.2, -0.15) is 0 Å². The van der Waals surface area contributed by atoms with Gasteiger partial charge in [0, 0.05) is 17.3 Å². The third-order valence-electron chi connectivity index (χ3n) is 3.35. The average molecular weight is 234 g/mol. The molecule has 0 spiro atoms. The molecule has 4 nitrogen and oxygen atoms in total. The number of carbonyl (C=O) groups excluding carboxylic acids is 1. The Bertz CT molecular complexity index is 406. The summed E-state index contributed by atoms with van der Waals surface area (Å²) in [6, 6.07) is 7.23. The molecule has 92 valence electrons. The van der Waals surface area contributed by atoms with E-state index in [9.17, 15) is 9.90 Å². The van der Waals surface area contributed by atoms with Crippen molar-refractivity contribution in [2.45, 2.75) is 31.9 Å². The Morgan fingerprint density at radius 1 is 1.41 bits per heavy atom. The molecule has 17 heavy (non-hydrogen) atoms. The Kier molecular flexibility index (Phi) is 3.76. The molecule has 4 heteroatoms. The molecule has 1 aromatic rings. The Labute approximate surface area is 101 Å². The lowest BCUT2D eigenvalue weighted by Gasteiger charge is -2.16. The van der Waals surface area contributed by atoms with Gasteiger partial charge in [-0.25, -0.2) is 0 Å². The second-order valence-electron chi connectivity index (χ2n) is 4.51. The fraction of sp³-hybridized carbons (Fsp3) is 0.462. The highest BCUT2D eigenvalue weighted by Crippen LogP contribution is 2.26. The first kappa shape index (κ1) is 12.1. The van der Waals surface area contributed by atoms with Crippen molar-refractivity contribution in [1.82, 2.24) is 0 Å². The molecule has 2 unspecified atom stereocenters. The van der Waals surface area contributed by atoms with Crippen molar-refractivity contribution in [1.29, 1.82) is 0 Å². The first-order valence-corrected chi connectivity index (χ1v) is 5.97. The number of carbonyl (C=O) groups is 1. The third-order valence-corrected chi connectivity index (χ3v) is 3.35. The van der Waals surface area contributed by atoms with Crippen LogP contribution in [0.4, 0.5) is 5.69 Å². The molecule has 1 amide bonds. The van der Waals surface area contributed by atoms with Crippen LogP contribution in [0.2, 0.25) is 0 Å². The lowest BCUT2D eigenvalue weighted by Crippen LogP contribution is -2.34. The minimum atomic E-state index is -0.0956. The zero-order valence-corrected chi connectivity index (χ0v) is 9.73. The molecule has 2 rings (SSSR count). The highest BCUT2D eigenvalue weighted by molar-refractivity contribution is 5.93. The molecule has 0 heterocycles. The molecule has 1 fully saturated rings. The molecule has 1 saturated carbocycles. The Morgan fingerprint density at radius 3 is 2.82 bits per heavy atom. The normalized spacial score (nSPS) is 23.6. The Balaban J connectivity index is 2.07. The summed E-state index contributed by atoms with van der Waals surface area (Å²) < 4.78 is 0.